The number of nitrogens with zero attached hydrogens (tertiary/aromatic N) is 1. The number of ketones is 1. The molecule has 0 aromatic carbocycles. The van der Waals surface area contributed by atoms with E-state index in [-0.39, 0.29) is 135 Å². The number of aliphatic carboxylic acids is 2. The van der Waals surface area contributed by atoms with Crippen LogP contribution in [0.25, 0.3) is 0 Å². The number of hydrogen-bond donors (Lipinski definition) is 9. The van der Waals surface area contributed by atoms with E-state index in [4.69, 9.17) is 29.8 Å². The summed E-state index contributed by atoms with van der Waals surface area (Å²) in [6.07, 6.45) is 22.2. The SMILES string of the molecule is CCCCCCCCCCCCCCCCCC(=O)N[C@@H](CCC(=O)NCCOCCOCC(=O)NCCOCCOCC(=O)NCCCC[C@H](CC(=O)C(C)(C)NC(=O)[C@@H]([NH])Cc1cnc[nH]1)C(=O)NCC(=O)O)C(=O)O. The van der Waals surface area contributed by atoms with Gasteiger partial charge in [-0.3, -0.25) is 38.4 Å². The molecule has 10 N–H and O–H groups in total. The highest BCUT2D eigenvalue weighted by molar-refractivity contribution is 5.96. The molecule has 445 valence electrons. The average Bonchev–Trinajstić information content (AvgIpc) is 3.91. The van der Waals surface area contributed by atoms with Gasteiger partial charge in [-0.05, 0) is 39.5 Å². The lowest BCUT2D eigenvalue weighted by Gasteiger charge is -2.28. The molecule has 0 aliphatic carbocycles. The van der Waals surface area contributed by atoms with Crippen molar-refractivity contribution >= 4 is 53.2 Å². The quantitative estimate of drug-likeness (QED) is 0.0422. The van der Waals surface area contributed by atoms with Gasteiger partial charge in [-0.1, -0.05) is 103 Å². The molecule has 0 saturated heterocycles. The lowest BCUT2D eigenvalue weighted by Crippen LogP contribution is -2.54. The average molecular weight is 1110 g/mol. The van der Waals surface area contributed by atoms with Crippen molar-refractivity contribution in [3.63, 3.8) is 0 Å². The predicted molar refractivity (Wildman–Crippen MR) is 290 cm³/mol. The number of carbonyl (C=O) groups is 9. The highest BCUT2D eigenvalue weighted by Gasteiger charge is 2.34. The van der Waals surface area contributed by atoms with Gasteiger partial charge in [0.05, 0.1) is 51.5 Å². The summed E-state index contributed by atoms with van der Waals surface area (Å²) in [5, 5.41) is 34.0. The third-order valence-electron chi connectivity index (χ3n) is 12.6. The van der Waals surface area contributed by atoms with Crippen LogP contribution in [-0.4, -0.2) is 170 Å². The summed E-state index contributed by atoms with van der Waals surface area (Å²) in [5.41, 5.74) is 7.32. The van der Waals surface area contributed by atoms with Gasteiger partial charge in [-0.2, -0.15) is 0 Å². The number of nitrogens with one attached hydrogen (secondary N) is 8. The summed E-state index contributed by atoms with van der Waals surface area (Å²) in [6.45, 7) is 5.71. The number of ether oxygens (including phenoxy) is 4. The molecule has 24 heteroatoms. The molecule has 0 aliphatic rings. The number of imidazole rings is 1. The number of amides is 6. The second-order valence-electron chi connectivity index (χ2n) is 20.0. The number of hydrogen-bond acceptors (Lipinski definition) is 14. The van der Waals surface area contributed by atoms with Crippen LogP contribution in [0, 0.1) is 5.92 Å². The van der Waals surface area contributed by atoms with Gasteiger partial charge in [0.2, 0.25) is 35.4 Å². The zero-order valence-corrected chi connectivity index (χ0v) is 46.8. The Labute approximate surface area is 461 Å². The number of rotatable bonds is 52. The molecule has 1 heterocycles. The minimum atomic E-state index is -1.41. The third kappa shape index (κ3) is 38.9. The van der Waals surface area contributed by atoms with E-state index in [1.165, 1.54) is 97.0 Å². The van der Waals surface area contributed by atoms with Crippen molar-refractivity contribution in [2.75, 3.05) is 79.0 Å². The molecule has 0 spiro atoms. The number of aromatic nitrogens is 2. The molecule has 1 rings (SSSR count). The molecule has 0 unspecified atom stereocenters. The van der Waals surface area contributed by atoms with Crippen LogP contribution in [0.3, 0.4) is 0 Å². The van der Waals surface area contributed by atoms with E-state index in [0.717, 1.165) is 19.3 Å². The standard InChI is InChI=1S/C54H94N9O15/c1-4-5-6-7-8-9-10-11-12-13-14-15-16-17-18-22-47(66)62-44(53(73)74)23-24-46(65)58-26-28-75-30-33-78-39-49(68)59-27-29-76-31-32-77-38-48(67)57-25-20-19-21-41(51(71)60-37-50(69)70)34-45(64)54(2,3)63-52(72)43(55)35-42-36-56-40-61-42/h36,40-41,43-44,55H,4-35,37-39H2,1-3H3,(H,56,61)(H,57,67)(H,58,65)(H,59,68)(H,60,71)(H,62,66)(H,63,72)(H,69,70)(H,73,74)/t41-,43+,44+/m1/s1. The zero-order valence-electron chi connectivity index (χ0n) is 46.8. The van der Waals surface area contributed by atoms with Gasteiger partial charge >= 0.3 is 11.9 Å². The maximum Gasteiger partial charge on any atom is 0.326 e. The number of H-pyrrole nitrogens is 1. The molecule has 78 heavy (non-hydrogen) atoms. The van der Waals surface area contributed by atoms with Crippen LogP contribution in [0.4, 0.5) is 0 Å². The minimum Gasteiger partial charge on any atom is -0.480 e. The van der Waals surface area contributed by atoms with E-state index in [0.29, 0.717) is 25.0 Å². The second-order valence-corrected chi connectivity index (χ2v) is 20.0. The fourth-order valence-electron chi connectivity index (χ4n) is 7.97. The highest BCUT2D eigenvalue weighted by Crippen LogP contribution is 2.19. The van der Waals surface area contributed by atoms with Crippen LogP contribution in [0.1, 0.15) is 168 Å². The molecular formula is C54H94N9O15. The van der Waals surface area contributed by atoms with Crippen molar-refractivity contribution < 1.29 is 72.3 Å². The Morgan fingerprint density at radius 2 is 1.13 bits per heavy atom. The molecule has 6 amide bonds. The molecule has 1 aromatic rings. The summed E-state index contributed by atoms with van der Waals surface area (Å²) in [7, 11) is 0. The van der Waals surface area contributed by atoms with E-state index in [1.807, 2.05) is 0 Å². The number of carboxylic acids is 2. The van der Waals surface area contributed by atoms with Crippen molar-refractivity contribution in [1.29, 1.82) is 0 Å². The van der Waals surface area contributed by atoms with E-state index in [9.17, 15) is 48.3 Å². The molecule has 0 aliphatic heterocycles. The van der Waals surface area contributed by atoms with Crippen LogP contribution < -0.4 is 37.6 Å². The van der Waals surface area contributed by atoms with Gasteiger partial charge in [0.15, 0.2) is 5.78 Å². The van der Waals surface area contributed by atoms with E-state index in [2.05, 4.69) is 48.8 Å². The number of aromatic amines is 1. The second kappa shape index (κ2) is 45.3. The van der Waals surface area contributed by atoms with Gasteiger partial charge < -0.3 is 66.0 Å². The van der Waals surface area contributed by atoms with Crippen LogP contribution in [0.2, 0.25) is 0 Å². The van der Waals surface area contributed by atoms with Gasteiger partial charge in [0.1, 0.15) is 31.8 Å². The van der Waals surface area contributed by atoms with Gasteiger partial charge in [0, 0.05) is 63.1 Å². The Hall–Kier alpha value is -5.56. The summed E-state index contributed by atoms with van der Waals surface area (Å²) >= 11 is 0. The summed E-state index contributed by atoms with van der Waals surface area (Å²) in [4.78, 5) is 117. The van der Waals surface area contributed by atoms with Crippen LogP contribution >= 0.6 is 0 Å². The van der Waals surface area contributed by atoms with Gasteiger partial charge in [0.25, 0.3) is 0 Å². The van der Waals surface area contributed by atoms with Crippen LogP contribution in [0.5, 0.6) is 0 Å². The molecule has 0 saturated carbocycles. The zero-order chi connectivity index (χ0) is 57.7. The number of Topliss-reactive ketones (excluding diaryl/α,β-unsaturated/α-hetero) is 1. The van der Waals surface area contributed by atoms with Gasteiger partial charge in [-0.25, -0.2) is 15.5 Å². The number of unbranched alkanes of at least 4 members (excludes halogenated alkanes) is 15. The molecule has 1 radical (unpaired) electrons. The van der Waals surface area contributed by atoms with Crippen molar-refractivity contribution in [3.05, 3.63) is 18.2 Å². The Bertz CT molecular complexity index is 1850. The van der Waals surface area contributed by atoms with Gasteiger partial charge in [-0.15, -0.1) is 0 Å². The first-order valence-corrected chi connectivity index (χ1v) is 28.1. The Morgan fingerprint density at radius 1 is 0.603 bits per heavy atom. The molecule has 0 bridgehead atoms. The smallest absolute Gasteiger partial charge is 0.326 e. The highest BCUT2D eigenvalue weighted by atomic mass is 16.5. The fraction of sp³-hybridized carbons (Fsp3) is 0.778. The molecular weight excluding hydrogens is 1010 g/mol. The molecule has 1 aromatic heterocycles. The van der Waals surface area contributed by atoms with Crippen molar-refractivity contribution in [1.82, 2.24) is 47.6 Å². The topological polar surface area (TPSA) is 356 Å². The van der Waals surface area contributed by atoms with Crippen LogP contribution in [0.15, 0.2) is 12.5 Å². The normalized spacial score (nSPS) is 12.5. The first-order valence-electron chi connectivity index (χ1n) is 28.1. The van der Waals surface area contributed by atoms with Crippen molar-refractivity contribution in [3.8, 4) is 0 Å². The predicted octanol–water partition coefficient (Wildman–Crippen LogP) is 3.47. The Morgan fingerprint density at radius 3 is 1.65 bits per heavy atom. The first-order chi connectivity index (χ1) is 37.4. The monoisotopic (exact) mass is 1110 g/mol. The summed E-state index contributed by atoms with van der Waals surface area (Å²) in [6, 6.07) is -2.36. The van der Waals surface area contributed by atoms with Crippen molar-refractivity contribution in [2.45, 2.75) is 186 Å². The fourth-order valence-corrected chi connectivity index (χ4v) is 7.97. The molecule has 0 fully saturated rings. The summed E-state index contributed by atoms with van der Waals surface area (Å²) < 4.78 is 21.5. The summed E-state index contributed by atoms with van der Waals surface area (Å²) in [5.74, 6) is -6.56. The largest absolute Gasteiger partial charge is 0.480 e. The van der Waals surface area contributed by atoms with E-state index >= 15 is 0 Å². The molecule has 24 nitrogen and oxygen atoms in total. The Balaban J connectivity index is 2.08. The number of carbonyl (C=O) groups excluding carboxylic acids is 7. The molecule has 3 atom stereocenters. The van der Waals surface area contributed by atoms with Crippen LogP contribution in [-0.2, 0) is 68.5 Å². The lowest BCUT2D eigenvalue weighted by atomic mass is 9.87. The van der Waals surface area contributed by atoms with E-state index in [1.54, 1.807) is 0 Å². The third-order valence-corrected chi connectivity index (χ3v) is 12.6. The first kappa shape index (κ1) is 70.5. The number of carboxylic acid groups (broad SMARTS) is 2. The lowest BCUT2D eigenvalue weighted by molar-refractivity contribution is -0.142. The van der Waals surface area contributed by atoms with Crippen molar-refractivity contribution in [2.24, 2.45) is 5.92 Å². The van der Waals surface area contributed by atoms with E-state index < -0.39 is 59.6 Å². The minimum absolute atomic E-state index is 0.0335. The maximum atomic E-state index is 13.3. The Kier molecular flexibility index (Phi) is 40.9. The maximum absolute atomic E-state index is 13.3.